The Balaban J connectivity index is 1.28. The number of Topliss-reactive ketones (excluding diaryl/α,β-unsaturated/α-hetero) is 2. The number of aliphatic hydroxyl groups is 3. The SMILES string of the molecule is N#C/C(=C\c1ccc2ccccc2c1N1CCC(c2cccc3c(N4CCCC4)c(/C=C(\C#N)C(=O)CCC(O)CO)ccc23)C1)C(=O)CCCOCCOCCO. The van der Waals surface area contributed by atoms with Crippen LogP contribution in [0.4, 0.5) is 11.4 Å². The maximum absolute atomic E-state index is 13.3. The van der Waals surface area contributed by atoms with E-state index in [1.165, 1.54) is 5.56 Å². The van der Waals surface area contributed by atoms with Gasteiger partial charge in [-0.2, -0.15) is 10.5 Å². The molecule has 11 heteroatoms. The highest BCUT2D eigenvalue weighted by molar-refractivity contribution is 6.08. The van der Waals surface area contributed by atoms with Crippen molar-refractivity contribution in [1.29, 1.82) is 10.5 Å². The molecule has 4 aromatic carbocycles. The van der Waals surface area contributed by atoms with Gasteiger partial charge in [0.1, 0.15) is 12.1 Å². The lowest BCUT2D eigenvalue weighted by atomic mass is 9.90. The van der Waals surface area contributed by atoms with Crippen LogP contribution in [0.3, 0.4) is 0 Å². The Morgan fingerprint density at radius 3 is 2.10 bits per heavy atom. The van der Waals surface area contributed by atoms with Crippen LogP contribution in [0, 0.1) is 22.7 Å². The number of fused-ring (bicyclic) bond motifs is 2. The van der Waals surface area contributed by atoms with Gasteiger partial charge in [-0.1, -0.05) is 66.7 Å². The summed E-state index contributed by atoms with van der Waals surface area (Å²) in [6.45, 7) is 4.15. The number of anilines is 2. The smallest absolute Gasteiger partial charge is 0.173 e. The lowest BCUT2D eigenvalue weighted by molar-refractivity contribution is -0.116. The van der Waals surface area contributed by atoms with Crippen LogP contribution in [0.5, 0.6) is 0 Å². The van der Waals surface area contributed by atoms with E-state index in [-0.39, 0.29) is 61.1 Å². The molecule has 0 aliphatic carbocycles. The number of ketones is 2. The van der Waals surface area contributed by atoms with Crippen LogP contribution in [-0.2, 0) is 19.1 Å². The van der Waals surface area contributed by atoms with E-state index >= 15 is 0 Å². The van der Waals surface area contributed by atoms with E-state index in [0.29, 0.717) is 26.2 Å². The first-order chi connectivity index (χ1) is 28.4. The number of carbonyl (C=O) groups is 2. The molecule has 2 fully saturated rings. The maximum Gasteiger partial charge on any atom is 0.173 e. The molecule has 4 aromatic rings. The van der Waals surface area contributed by atoms with Crippen LogP contribution < -0.4 is 9.80 Å². The van der Waals surface area contributed by atoms with Gasteiger partial charge < -0.3 is 34.6 Å². The van der Waals surface area contributed by atoms with E-state index in [2.05, 4.69) is 58.3 Å². The first-order valence-corrected chi connectivity index (χ1v) is 20.3. The number of hydrogen-bond donors (Lipinski definition) is 3. The average Bonchev–Trinajstić information content (AvgIpc) is 3.97. The number of aliphatic hydroxyl groups excluding tert-OH is 3. The zero-order chi connectivity index (χ0) is 40.9. The van der Waals surface area contributed by atoms with Crippen LogP contribution in [-0.4, -0.2) is 98.8 Å². The van der Waals surface area contributed by atoms with E-state index in [1.54, 1.807) is 12.2 Å². The van der Waals surface area contributed by atoms with Gasteiger partial charge >= 0.3 is 0 Å². The predicted octanol–water partition coefficient (Wildman–Crippen LogP) is 6.48. The molecule has 0 bridgehead atoms. The fourth-order valence-electron chi connectivity index (χ4n) is 8.15. The Morgan fingerprint density at radius 2 is 1.40 bits per heavy atom. The molecule has 3 N–H and O–H groups in total. The van der Waals surface area contributed by atoms with Gasteiger partial charge in [-0.05, 0) is 71.7 Å². The van der Waals surface area contributed by atoms with Crippen molar-refractivity contribution in [1.82, 2.24) is 0 Å². The molecule has 2 saturated heterocycles. The summed E-state index contributed by atoms with van der Waals surface area (Å²) >= 11 is 0. The lowest BCUT2D eigenvalue weighted by Gasteiger charge is -2.25. The summed E-state index contributed by atoms with van der Waals surface area (Å²) in [7, 11) is 0. The van der Waals surface area contributed by atoms with Crippen LogP contribution in [0.25, 0.3) is 33.7 Å². The molecule has 0 aromatic heterocycles. The Morgan fingerprint density at radius 1 is 0.741 bits per heavy atom. The van der Waals surface area contributed by atoms with Gasteiger partial charge in [-0.25, -0.2) is 0 Å². The number of carbonyl (C=O) groups excluding carboxylic acids is 2. The molecular weight excluding hydrogens is 733 g/mol. The molecule has 11 nitrogen and oxygen atoms in total. The molecule has 58 heavy (non-hydrogen) atoms. The highest BCUT2D eigenvalue weighted by atomic mass is 16.5. The number of benzene rings is 4. The highest BCUT2D eigenvalue weighted by Crippen LogP contribution is 2.42. The third kappa shape index (κ3) is 10.2. The minimum Gasteiger partial charge on any atom is -0.394 e. The van der Waals surface area contributed by atoms with E-state index in [4.69, 9.17) is 14.6 Å². The van der Waals surface area contributed by atoms with Crippen LogP contribution in [0.2, 0.25) is 0 Å². The predicted molar refractivity (Wildman–Crippen MR) is 226 cm³/mol. The zero-order valence-corrected chi connectivity index (χ0v) is 32.9. The minimum absolute atomic E-state index is 0.0273. The highest BCUT2D eigenvalue weighted by Gasteiger charge is 2.29. The van der Waals surface area contributed by atoms with Gasteiger partial charge in [0.2, 0.25) is 0 Å². The first kappa shape index (κ1) is 42.2. The van der Waals surface area contributed by atoms with Crippen molar-refractivity contribution in [3.8, 4) is 12.1 Å². The summed E-state index contributed by atoms with van der Waals surface area (Å²) in [5, 5.41) is 52.3. The molecule has 0 spiro atoms. The molecule has 302 valence electrons. The second-order valence-electron chi connectivity index (χ2n) is 14.9. The normalized spacial score (nSPS) is 16.5. The summed E-state index contributed by atoms with van der Waals surface area (Å²) < 4.78 is 10.7. The molecule has 2 aliphatic heterocycles. The molecule has 0 amide bonds. The second-order valence-corrected chi connectivity index (χ2v) is 14.9. The van der Waals surface area contributed by atoms with E-state index in [0.717, 1.165) is 89.5 Å². The van der Waals surface area contributed by atoms with Gasteiger partial charge in [0.25, 0.3) is 0 Å². The summed E-state index contributed by atoms with van der Waals surface area (Å²) in [6, 6.07) is 27.0. The monoisotopic (exact) mass is 784 g/mol. The lowest BCUT2D eigenvalue weighted by Crippen LogP contribution is -2.21. The van der Waals surface area contributed by atoms with Gasteiger partial charge in [-0.15, -0.1) is 0 Å². The fraction of sp³-hybridized carbons (Fsp3) is 0.404. The van der Waals surface area contributed by atoms with Crippen molar-refractivity contribution in [2.75, 3.05) is 75.6 Å². The molecule has 2 heterocycles. The number of allylic oxidation sites excluding steroid dienone is 2. The van der Waals surface area contributed by atoms with Crippen molar-refractivity contribution in [2.45, 2.75) is 57.0 Å². The summed E-state index contributed by atoms with van der Waals surface area (Å²) in [6.07, 6.45) is 6.12. The summed E-state index contributed by atoms with van der Waals surface area (Å²) in [4.78, 5) is 31.0. The second kappa shape index (κ2) is 20.9. The third-order valence-corrected chi connectivity index (χ3v) is 11.1. The van der Waals surface area contributed by atoms with Gasteiger partial charge in [0.15, 0.2) is 11.6 Å². The summed E-state index contributed by atoms with van der Waals surface area (Å²) in [5.41, 5.74) is 4.99. The van der Waals surface area contributed by atoms with Crippen molar-refractivity contribution in [2.24, 2.45) is 0 Å². The van der Waals surface area contributed by atoms with Crippen LogP contribution in [0.15, 0.2) is 77.9 Å². The average molecular weight is 785 g/mol. The van der Waals surface area contributed by atoms with Crippen molar-refractivity contribution in [3.63, 3.8) is 0 Å². The third-order valence-electron chi connectivity index (χ3n) is 11.1. The largest absolute Gasteiger partial charge is 0.394 e. The molecule has 6 rings (SSSR count). The van der Waals surface area contributed by atoms with Crippen molar-refractivity contribution in [3.05, 3.63) is 94.6 Å². The van der Waals surface area contributed by atoms with Gasteiger partial charge in [0, 0.05) is 62.3 Å². The molecule has 2 unspecified atom stereocenters. The van der Waals surface area contributed by atoms with E-state index in [1.807, 2.05) is 30.3 Å². The molecule has 0 radical (unpaired) electrons. The number of ether oxygens (including phenoxy) is 2. The number of nitrogens with zero attached hydrogens (tertiary/aromatic N) is 4. The van der Waals surface area contributed by atoms with Crippen LogP contribution >= 0.6 is 0 Å². The van der Waals surface area contributed by atoms with Crippen LogP contribution in [0.1, 0.15) is 67.6 Å². The molecule has 2 aliphatic rings. The van der Waals surface area contributed by atoms with Gasteiger partial charge in [-0.3, -0.25) is 9.59 Å². The standard InChI is InChI=1S/C47H52N4O7/c48-29-37(44(55)11-6-23-57-25-26-58-24-22-52)27-34-13-12-33-7-1-2-8-41(33)46(34)51-21-18-36(31-51)40-9-5-10-43-42(40)16-14-35(47(43)50-19-3-4-20-50)28-38(30-49)45(56)17-15-39(54)32-53/h1-2,5,7-10,12-14,16,27-28,36,39,52-54H,3-4,6,11,15,17-26,31-32H2/b37-27+,38-28+. The Labute approximate surface area is 340 Å². The Hall–Kier alpha value is -5.40. The topological polar surface area (TPSA) is 167 Å². The van der Waals surface area contributed by atoms with Crippen molar-refractivity contribution < 1.29 is 34.4 Å². The quantitative estimate of drug-likeness (QED) is 0.0510. The molecule has 0 saturated carbocycles. The van der Waals surface area contributed by atoms with Gasteiger partial charge in [0.05, 0.1) is 61.7 Å². The Kier molecular flexibility index (Phi) is 15.2. The molecular formula is C47H52N4O7. The number of nitriles is 2. The summed E-state index contributed by atoms with van der Waals surface area (Å²) in [5.74, 6) is -0.405. The molecule has 2 atom stereocenters. The zero-order valence-electron chi connectivity index (χ0n) is 32.9. The minimum atomic E-state index is -1.01. The van der Waals surface area contributed by atoms with E-state index < -0.39 is 12.7 Å². The maximum atomic E-state index is 13.3. The number of rotatable bonds is 20. The van der Waals surface area contributed by atoms with E-state index in [9.17, 15) is 30.3 Å². The number of hydrogen-bond acceptors (Lipinski definition) is 11. The first-order valence-electron chi connectivity index (χ1n) is 20.3. The van der Waals surface area contributed by atoms with Crippen molar-refractivity contribution >= 4 is 56.6 Å². The Bertz CT molecular complexity index is 2230. The fourth-order valence-corrected chi connectivity index (χ4v) is 8.15.